The second-order valence-electron chi connectivity index (χ2n) is 12.1. The second-order valence-corrected chi connectivity index (χ2v) is 12.1. The number of likely N-dealkylation sites (N-methyl/N-ethyl adjacent to an activating group) is 1. The fourth-order valence-corrected chi connectivity index (χ4v) is 6.76. The summed E-state index contributed by atoms with van der Waals surface area (Å²) in [6.07, 6.45) is -0.162. The van der Waals surface area contributed by atoms with Gasteiger partial charge in [0.1, 0.15) is 5.69 Å². The molecule has 2 amide bonds. The quantitative estimate of drug-likeness (QED) is 0.426. The van der Waals surface area contributed by atoms with Crippen LogP contribution >= 0.6 is 0 Å². The van der Waals surface area contributed by atoms with E-state index in [0.29, 0.717) is 38.4 Å². The average molecular weight is 584 g/mol. The van der Waals surface area contributed by atoms with E-state index in [1.807, 2.05) is 32.8 Å². The number of benzene rings is 2. The standard InChI is InChI=1S/C33H41N7O3/c1-21-8-6-9-24-10-7-11-28(29(21)24)38-15-13-26-27(20-38)36-30(32(41)35-22(2)18-37(4)5)23(3)31(26)39-16-17-40(33(42)43)25(19-39)12-14-34/h6-11,22,25H,12-13,15-20H2,1-5H3,(H,35,41)(H,42,43)/t22-,25+/m1/s1. The first-order valence-corrected chi connectivity index (χ1v) is 14.9. The molecular weight excluding hydrogens is 542 g/mol. The Morgan fingerprint density at radius 1 is 1.14 bits per heavy atom. The van der Waals surface area contributed by atoms with Gasteiger partial charge in [-0.05, 0) is 58.3 Å². The first-order valence-electron chi connectivity index (χ1n) is 14.9. The SMILES string of the molecule is Cc1c(C(=O)N[C@H](C)CN(C)C)nc2c(c1N1CCN(C(=O)O)[C@@H](CC#N)C1)CCN(c1cccc3cccc(C)c13)C2. The number of pyridine rings is 1. The van der Waals surface area contributed by atoms with Crippen LogP contribution in [0, 0.1) is 25.2 Å². The van der Waals surface area contributed by atoms with Crippen molar-refractivity contribution in [2.24, 2.45) is 0 Å². The van der Waals surface area contributed by atoms with E-state index in [1.54, 1.807) is 0 Å². The minimum absolute atomic E-state index is 0.0718. The lowest BCUT2D eigenvalue weighted by Crippen LogP contribution is -2.55. The van der Waals surface area contributed by atoms with Crippen molar-refractivity contribution in [1.82, 2.24) is 20.1 Å². The number of amides is 2. The average Bonchev–Trinajstić information content (AvgIpc) is 2.96. The summed E-state index contributed by atoms with van der Waals surface area (Å²) >= 11 is 0. The molecule has 0 saturated carbocycles. The zero-order valence-corrected chi connectivity index (χ0v) is 25.7. The smallest absolute Gasteiger partial charge is 0.407 e. The van der Waals surface area contributed by atoms with Gasteiger partial charge in [-0.2, -0.15) is 5.26 Å². The summed E-state index contributed by atoms with van der Waals surface area (Å²) in [5.41, 5.74) is 6.47. The van der Waals surface area contributed by atoms with Gasteiger partial charge in [-0.3, -0.25) is 4.79 Å². The molecule has 0 unspecified atom stereocenters. The lowest BCUT2D eigenvalue weighted by molar-refractivity contribution is 0.0928. The van der Waals surface area contributed by atoms with E-state index in [4.69, 9.17) is 4.98 Å². The maximum Gasteiger partial charge on any atom is 0.407 e. The normalized spacial score (nSPS) is 17.5. The predicted octanol–water partition coefficient (Wildman–Crippen LogP) is 4.18. The van der Waals surface area contributed by atoms with E-state index in [-0.39, 0.29) is 18.4 Å². The molecule has 1 aromatic heterocycles. The fourth-order valence-electron chi connectivity index (χ4n) is 6.76. The van der Waals surface area contributed by atoms with Crippen LogP contribution in [0.5, 0.6) is 0 Å². The summed E-state index contributed by atoms with van der Waals surface area (Å²) < 4.78 is 0. The molecule has 10 heteroatoms. The topological polar surface area (TPSA) is 116 Å². The summed E-state index contributed by atoms with van der Waals surface area (Å²) in [6.45, 7) is 9.26. The molecule has 2 atom stereocenters. The van der Waals surface area contributed by atoms with Crippen LogP contribution in [-0.4, -0.2) is 90.8 Å². The summed E-state index contributed by atoms with van der Waals surface area (Å²) in [4.78, 5) is 38.6. The second kappa shape index (κ2) is 12.5. The van der Waals surface area contributed by atoms with Crippen molar-refractivity contribution in [2.45, 2.75) is 52.2 Å². The monoisotopic (exact) mass is 583 g/mol. The molecule has 1 fully saturated rings. The third-order valence-corrected chi connectivity index (χ3v) is 8.60. The van der Waals surface area contributed by atoms with Crippen molar-refractivity contribution < 1.29 is 14.7 Å². The molecule has 2 aliphatic rings. The van der Waals surface area contributed by atoms with Gasteiger partial charge in [-0.15, -0.1) is 0 Å². The zero-order valence-electron chi connectivity index (χ0n) is 25.7. The number of aryl methyl sites for hydroxylation is 1. The van der Waals surface area contributed by atoms with Crippen molar-refractivity contribution in [3.63, 3.8) is 0 Å². The van der Waals surface area contributed by atoms with Gasteiger partial charge < -0.3 is 30.0 Å². The van der Waals surface area contributed by atoms with Crippen LogP contribution in [0.4, 0.5) is 16.2 Å². The molecule has 10 nitrogen and oxygen atoms in total. The van der Waals surface area contributed by atoms with Crippen LogP contribution in [0.3, 0.4) is 0 Å². The maximum absolute atomic E-state index is 13.7. The number of hydrogen-bond donors (Lipinski definition) is 2. The first kappa shape index (κ1) is 30.1. The third-order valence-electron chi connectivity index (χ3n) is 8.60. The molecule has 2 N–H and O–H groups in total. The molecule has 3 heterocycles. The number of nitrogens with zero attached hydrogens (tertiary/aromatic N) is 6. The molecule has 43 heavy (non-hydrogen) atoms. The summed E-state index contributed by atoms with van der Waals surface area (Å²) in [7, 11) is 3.95. The number of nitriles is 1. The number of carbonyl (C=O) groups is 2. The number of carboxylic acid groups (broad SMARTS) is 1. The summed E-state index contributed by atoms with van der Waals surface area (Å²) in [5, 5.41) is 24.8. The van der Waals surface area contributed by atoms with Crippen molar-refractivity contribution in [2.75, 3.05) is 56.6 Å². The molecule has 0 aliphatic carbocycles. The van der Waals surface area contributed by atoms with Crippen molar-refractivity contribution in [3.05, 3.63) is 64.5 Å². The van der Waals surface area contributed by atoms with E-state index < -0.39 is 12.1 Å². The van der Waals surface area contributed by atoms with E-state index in [9.17, 15) is 20.0 Å². The number of fused-ring (bicyclic) bond motifs is 2. The molecular formula is C33H41N7O3. The van der Waals surface area contributed by atoms with E-state index in [0.717, 1.165) is 41.2 Å². The van der Waals surface area contributed by atoms with Crippen LogP contribution in [0.15, 0.2) is 36.4 Å². The Hall–Kier alpha value is -4.36. The van der Waals surface area contributed by atoms with Gasteiger partial charge in [0.15, 0.2) is 0 Å². The highest BCUT2D eigenvalue weighted by Gasteiger charge is 2.35. The van der Waals surface area contributed by atoms with E-state index >= 15 is 0 Å². The zero-order chi connectivity index (χ0) is 30.8. The van der Waals surface area contributed by atoms with Gasteiger partial charge in [0.2, 0.25) is 0 Å². The number of piperazine rings is 1. The van der Waals surface area contributed by atoms with Crippen molar-refractivity contribution in [3.8, 4) is 6.07 Å². The van der Waals surface area contributed by atoms with Gasteiger partial charge in [-0.25, -0.2) is 9.78 Å². The van der Waals surface area contributed by atoms with Gasteiger partial charge in [-0.1, -0.05) is 30.3 Å². The Balaban J connectivity index is 1.57. The highest BCUT2D eigenvalue weighted by molar-refractivity contribution is 5.98. The Bertz CT molecular complexity index is 1580. The molecule has 0 bridgehead atoms. The number of rotatable bonds is 7. The number of carbonyl (C=O) groups excluding carboxylic acids is 1. The molecule has 1 saturated heterocycles. The lowest BCUT2D eigenvalue weighted by atomic mass is 9.94. The molecule has 0 radical (unpaired) electrons. The largest absolute Gasteiger partial charge is 0.465 e. The minimum Gasteiger partial charge on any atom is -0.465 e. The Morgan fingerprint density at radius 3 is 2.58 bits per heavy atom. The lowest BCUT2D eigenvalue weighted by Gasteiger charge is -2.43. The van der Waals surface area contributed by atoms with Crippen LogP contribution < -0.4 is 15.1 Å². The number of aromatic nitrogens is 1. The predicted molar refractivity (Wildman–Crippen MR) is 169 cm³/mol. The molecule has 0 spiro atoms. The third kappa shape index (κ3) is 6.09. The van der Waals surface area contributed by atoms with Crippen molar-refractivity contribution in [1.29, 1.82) is 5.26 Å². The highest BCUT2D eigenvalue weighted by Crippen LogP contribution is 2.38. The van der Waals surface area contributed by atoms with Gasteiger partial charge >= 0.3 is 6.09 Å². The van der Waals surface area contributed by atoms with Crippen LogP contribution in [0.2, 0.25) is 0 Å². The molecule has 5 rings (SSSR count). The minimum atomic E-state index is -1.01. The van der Waals surface area contributed by atoms with Crippen LogP contribution in [-0.2, 0) is 13.0 Å². The maximum atomic E-state index is 13.7. The van der Waals surface area contributed by atoms with Gasteiger partial charge in [0.25, 0.3) is 5.91 Å². The first-order chi connectivity index (χ1) is 20.6. The number of nitrogens with one attached hydrogen (secondary N) is 1. The summed E-state index contributed by atoms with van der Waals surface area (Å²) in [6, 6.07) is 14.4. The fraction of sp³-hybridized carbons (Fsp3) is 0.455. The van der Waals surface area contributed by atoms with E-state index in [2.05, 4.69) is 64.5 Å². The van der Waals surface area contributed by atoms with Crippen LogP contribution in [0.1, 0.15) is 46.2 Å². The van der Waals surface area contributed by atoms with Gasteiger partial charge in [0.05, 0.1) is 30.8 Å². The molecule has 3 aromatic rings. The van der Waals surface area contributed by atoms with Crippen molar-refractivity contribution >= 4 is 34.1 Å². The highest BCUT2D eigenvalue weighted by atomic mass is 16.4. The number of hydrogen-bond acceptors (Lipinski definition) is 7. The summed E-state index contributed by atoms with van der Waals surface area (Å²) in [5.74, 6) is -0.216. The number of anilines is 2. The molecule has 2 aromatic carbocycles. The Kier molecular flexibility index (Phi) is 8.74. The van der Waals surface area contributed by atoms with Gasteiger partial charge in [0, 0.05) is 66.7 Å². The van der Waals surface area contributed by atoms with Crippen LogP contribution in [0.25, 0.3) is 10.8 Å². The Morgan fingerprint density at radius 2 is 1.88 bits per heavy atom. The molecule has 226 valence electrons. The molecule has 2 aliphatic heterocycles. The van der Waals surface area contributed by atoms with E-state index in [1.165, 1.54) is 21.2 Å². The Labute approximate surface area is 253 Å².